The first-order chi connectivity index (χ1) is 15.9. The first-order valence-electron chi connectivity index (χ1n) is 10.7. The van der Waals surface area contributed by atoms with E-state index in [-0.39, 0.29) is 11.5 Å². The van der Waals surface area contributed by atoms with Gasteiger partial charge in [0.2, 0.25) is 0 Å². The normalized spacial score (nSPS) is 18.2. The summed E-state index contributed by atoms with van der Waals surface area (Å²) in [6.45, 7) is 5.23. The molecule has 0 saturated carbocycles. The second kappa shape index (κ2) is 8.33. The fourth-order valence-electron chi connectivity index (χ4n) is 4.53. The molecule has 1 atom stereocenters. The van der Waals surface area contributed by atoms with Gasteiger partial charge in [-0.2, -0.15) is 13.2 Å². The highest BCUT2D eigenvalue weighted by molar-refractivity contribution is 5.89. The monoisotopic (exact) mass is 477 g/mol. The lowest BCUT2D eigenvalue weighted by molar-refractivity contribution is -0.138. The van der Waals surface area contributed by atoms with Crippen molar-refractivity contribution in [1.29, 1.82) is 0 Å². The fraction of sp³-hybridized carbons (Fsp3) is 0.455. The zero-order valence-corrected chi connectivity index (χ0v) is 19.3. The van der Waals surface area contributed by atoms with Crippen LogP contribution in [0.4, 0.5) is 29.5 Å². The molecule has 9 nitrogen and oxygen atoms in total. The van der Waals surface area contributed by atoms with Crippen LogP contribution in [0.25, 0.3) is 11.2 Å². The van der Waals surface area contributed by atoms with Gasteiger partial charge in [-0.1, -0.05) is 13.8 Å². The highest BCUT2D eigenvalue weighted by Gasteiger charge is 2.40. The standard InChI is InChI=1S/C22H26F3N7O2/c1-21(2)12-32(17-10-27-18-14(28-17)5-7-26-18)8-6-16(21)31(4)20(34)29-15-9-13(22(23,24)25)11-30(3)19(15)33/h5,7,9-11,16H,6,8,12H2,1-4H3,(H,26,27)(H,29,34)/t16-/m1/s1. The summed E-state index contributed by atoms with van der Waals surface area (Å²) in [5, 5.41) is 2.37. The number of pyridine rings is 1. The number of aryl methyl sites for hydroxylation is 1. The summed E-state index contributed by atoms with van der Waals surface area (Å²) in [6.07, 6.45) is 0.140. The van der Waals surface area contributed by atoms with Gasteiger partial charge < -0.3 is 24.7 Å². The molecule has 182 valence electrons. The minimum atomic E-state index is -4.64. The number of anilines is 2. The van der Waals surface area contributed by atoms with Crippen molar-refractivity contribution in [2.45, 2.75) is 32.5 Å². The number of hydrogen-bond acceptors (Lipinski definition) is 5. The maximum Gasteiger partial charge on any atom is 0.417 e. The largest absolute Gasteiger partial charge is 0.417 e. The van der Waals surface area contributed by atoms with Crippen LogP contribution in [0.15, 0.2) is 35.5 Å². The first-order valence-corrected chi connectivity index (χ1v) is 10.7. The molecule has 1 aliphatic heterocycles. The third-order valence-electron chi connectivity index (χ3n) is 6.29. The number of nitrogens with zero attached hydrogens (tertiary/aromatic N) is 5. The predicted octanol–water partition coefficient (Wildman–Crippen LogP) is 3.44. The fourth-order valence-corrected chi connectivity index (χ4v) is 4.53. The number of H-pyrrole nitrogens is 1. The molecular formula is C22H26F3N7O2. The lowest BCUT2D eigenvalue weighted by Crippen LogP contribution is -2.57. The molecule has 0 bridgehead atoms. The van der Waals surface area contributed by atoms with E-state index in [9.17, 15) is 22.8 Å². The van der Waals surface area contributed by atoms with Gasteiger partial charge in [-0.05, 0) is 18.6 Å². The number of fused-ring (bicyclic) bond motifs is 1. The van der Waals surface area contributed by atoms with Crippen molar-refractivity contribution in [2.24, 2.45) is 12.5 Å². The Morgan fingerprint density at radius 1 is 1.35 bits per heavy atom. The molecule has 4 rings (SSSR count). The van der Waals surface area contributed by atoms with Crippen LogP contribution in [-0.2, 0) is 13.2 Å². The van der Waals surface area contributed by atoms with Gasteiger partial charge in [0.15, 0.2) is 5.65 Å². The molecule has 1 fully saturated rings. The molecule has 1 saturated heterocycles. The topological polar surface area (TPSA) is 99.1 Å². The number of urea groups is 1. The van der Waals surface area contributed by atoms with Crippen LogP contribution in [0, 0.1) is 5.41 Å². The molecule has 34 heavy (non-hydrogen) atoms. The number of hydrogen-bond donors (Lipinski definition) is 2. The van der Waals surface area contributed by atoms with E-state index >= 15 is 0 Å². The number of rotatable bonds is 3. The molecule has 0 unspecified atom stereocenters. The van der Waals surface area contributed by atoms with E-state index < -0.39 is 29.0 Å². The van der Waals surface area contributed by atoms with Crippen LogP contribution in [0.3, 0.4) is 0 Å². The molecule has 0 aliphatic carbocycles. The third-order valence-corrected chi connectivity index (χ3v) is 6.29. The number of aromatic nitrogens is 4. The van der Waals surface area contributed by atoms with Gasteiger partial charge in [0.25, 0.3) is 5.56 Å². The maximum absolute atomic E-state index is 13.2. The number of piperidine rings is 1. The Hall–Kier alpha value is -3.57. The van der Waals surface area contributed by atoms with Crippen molar-refractivity contribution in [3.05, 3.63) is 46.6 Å². The molecular weight excluding hydrogens is 451 g/mol. The molecule has 0 spiro atoms. The molecule has 3 aromatic rings. The van der Waals surface area contributed by atoms with E-state index in [2.05, 4.69) is 25.2 Å². The summed E-state index contributed by atoms with van der Waals surface area (Å²) in [5.74, 6) is 0.734. The Balaban J connectivity index is 1.50. The van der Waals surface area contributed by atoms with Gasteiger partial charge in [0, 0.05) is 51.0 Å². The van der Waals surface area contributed by atoms with Gasteiger partial charge >= 0.3 is 12.2 Å². The molecule has 0 radical (unpaired) electrons. The van der Waals surface area contributed by atoms with E-state index in [4.69, 9.17) is 0 Å². The van der Waals surface area contributed by atoms with Crippen molar-refractivity contribution >= 4 is 28.7 Å². The molecule has 3 aromatic heterocycles. The lowest BCUT2D eigenvalue weighted by Gasteiger charge is -2.48. The zero-order chi connectivity index (χ0) is 24.8. The third kappa shape index (κ3) is 4.44. The molecule has 2 N–H and O–H groups in total. The second-order valence-corrected chi connectivity index (χ2v) is 9.25. The average molecular weight is 477 g/mol. The van der Waals surface area contributed by atoms with Crippen molar-refractivity contribution in [2.75, 3.05) is 30.4 Å². The number of aromatic amines is 1. The van der Waals surface area contributed by atoms with Crippen LogP contribution in [-0.4, -0.2) is 56.6 Å². The van der Waals surface area contributed by atoms with Crippen molar-refractivity contribution in [3.8, 4) is 0 Å². The number of amides is 2. The molecule has 0 aromatic carbocycles. The summed E-state index contributed by atoms with van der Waals surface area (Å²) >= 11 is 0. The van der Waals surface area contributed by atoms with Gasteiger partial charge in [0.1, 0.15) is 17.0 Å². The molecule has 1 aliphatic rings. The Morgan fingerprint density at radius 3 is 2.76 bits per heavy atom. The SMILES string of the molecule is CN(C(=O)Nc1cc(C(F)(F)F)cn(C)c1=O)[C@@H]1CCN(c2cnc3[nH]ccc3n2)CC1(C)C. The van der Waals surface area contributed by atoms with E-state index in [1.807, 2.05) is 19.9 Å². The van der Waals surface area contributed by atoms with Gasteiger partial charge in [-0.15, -0.1) is 0 Å². The number of nitrogens with one attached hydrogen (secondary N) is 2. The predicted molar refractivity (Wildman–Crippen MR) is 122 cm³/mol. The highest BCUT2D eigenvalue weighted by Crippen LogP contribution is 2.35. The van der Waals surface area contributed by atoms with E-state index in [0.29, 0.717) is 37.4 Å². The lowest BCUT2D eigenvalue weighted by atomic mass is 9.78. The molecule has 4 heterocycles. The van der Waals surface area contributed by atoms with Crippen molar-refractivity contribution in [1.82, 2.24) is 24.4 Å². The molecule has 12 heteroatoms. The second-order valence-electron chi connectivity index (χ2n) is 9.25. The summed E-state index contributed by atoms with van der Waals surface area (Å²) in [7, 11) is 2.80. The van der Waals surface area contributed by atoms with Gasteiger partial charge in [0.05, 0.1) is 11.8 Å². The summed E-state index contributed by atoms with van der Waals surface area (Å²) in [6, 6.07) is 1.65. The maximum atomic E-state index is 13.2. The summed E-state index contributed by atoms with van der Waals surface area (Å²) in [5.41, 5.74) is -1.06. The summed E-state index contributed by atoms with van der Waals surface area (Å²) in [4.78, 5) is 40.9. The average Bonchev–Trinajstić information content (AvgIpc) is 3.22. The summed E-state index contributed by atoms with van der Waals surface area (Å²) < 4.78 is 40.3. The van der Waals surface area contributed by atoms with E-state index in [1.54, 1.807) is 19.4 Å². The quantitative estimate of drug-likeness (QED) is 0.602. The van der Waals surface area contributed by atoms with Crippen LogP contribution in [0.5, 0.6) is 0 Å². The Kier molecular flexibility index (Phi) is 5.78. The number of carbonyl (C=O) groups excluding carboxylic acids is 1. The van der Waals surface area contributed by atoms with Crippen LogP contribution in [0.2, 0.25) is 0 Å². The highest BCUT2D eigenvalue weighted by atomic mass is 19.4. The minimum absolute atomic E-state index is 0.220. The van der Waals surface area contributed by atoms with Crippen LogP contribution < -0.4 is 15.8 Å². The first kappa shape index (κ1) is 23.6. The Morgan fingerprint density at radius 2 is 2.09 bits per heavy atom. The Bertz CT molecular complexity index is 1280. The van der Waals surface area contributed by atoms with E-state index in [0.717, 1.165) is 15.9 Å². The van der Waals surface area contributed by atoms with Crippen molar-refractivity contribution < 1.29 is 18.0 Å². The number of alkyl halides is 3. The van der Waals surface area contributed by atoms with Crippen LogP contribution >= 0.6 is 0 Å². The van der Waals surface area contributed by atoms with Crippen LogP contribution in [0.1, 0.15) is 25.8 Å². The number of halogens is 3. The smallest absolute Gasteiger partial charge is 0.355 e. The van der Waals surface area contributed by atoms with Gasteiger partial charge in [-0.25, -0.2) is 14.8 Å². The number of carbonyl (C=O) groups is 1. The van der Waals surface area contributed by atoms with Gasteiger partial charge in [-0.3, -0.25) is 4.79 Å². The van der Waals surface area contributed by atoms with E-state index in [1.165, 1.54) is 11.9 Å². The molecule has 2 amide bonds. The Labute approximate surface area is 193 Å². The minimum Gasteiger partial charge on any atom is -0.355 e. The zero-order valence-electron chi connectivity index (χ0n) is 19.3. The van der Waals surface area contributed by atoms with Crippen molar-refractivity contribution in [3.63, 3.8) is 0 Å².